The molecule has 108 valence electrons. The van der Waals surface area contributed by atoms with E-state index in [0.29, 0.717) is 0 Å². The van der Waals surface area contributed by atoms with Crippen LogP contribution < -0.4 is 0 Å². The summed E-state index contributed by atoms with van der Waals surface area (Å²) in [6.45, 7) is 0. The van der Waals surface area contributed by atoms with Gasteiger partial charge in [0.15, 0.2) is 0 Å². The van der Waals surface area contributed by atoms with E-state index in [0.717, 1.165) is 11.4 Å². The minimum atomic E-state index is -4.00. The number of benzene rings is 2. The van der Waals surface area contributed by atoms with Gasteiger partial charge in [-0.05, 0) is 12.1 Å². The van der Waals surface area contributed by atoms with Crippen molar-refractivity contribution in [1.82, 2.24) is 9.97 Å². The van der Waals surface area contributed by atoms with Crippen molar-refractivity contribution in [2.24, 2.45) is 0 Å². The van der Waals surface area contributed by atoms with Crippen molar-refractivity contribution >= 4 is 10.1 Å². The Hall–Kier alpha value is -2.44. The van der Waals surface area contributed by atoms with E-state index in [1.165, 1.54) is 12.1 Å². The molecule has 2 N–H and O–H groups in total. The largest absolute Gasteiger partial charge is 0.345 e. The van der Waals surface area contributed by atoms with E-state index in [-0.39, 0.29) is 4.90 Å². The maximum absolute atomic E-state index is 10.4. The standard InChI is InChI=1S/C9H8N2.C6H6O3S/c1-2-4-8(5-3-1)9-10-6-7-11-9;7-10(8,9)6-4-2-1-3-5-6/h1-7H,(H,10,11);1-5H,(H,7,8,9). The second-order valence-electron chi connectivity index (χ2n) is 4.09. The summed E-state index contributed by atoms with van der Waals surface area (Å²) in [5, 5.41) is 0. The van der Waals surface area contributed by atoms with Crippen LogP contribution in [-0.2, 0) is 10.1 Å². The van der Waals surface area contributed by atoms with Crippen LogP contribution in [-0.4, -0.2) is 22.9 Å². The van der Waals surface area contributed by atoms with Crippen molar-refractivity contribution in [3.8, 4) is 11.4 Å². The number of aromatic nitrogens is 2. The monoisotopic (exact) mass is 302 g/mol. The number of nitrogens with zero attached hydrogens (tertiary/aromatic N) is 1. The van der Waals surface area contributed by atoms with Crippen LogP contribution in [0.4, 0.5) is 0 Å². The number of hydrogen-bond donors (Lipinski definition) is 2. The van der Waals surface area contributed by atoms with Crippen molar-refractivity contribution < 1.29 is 13.0 Å². The molecule has 3 rings (SSSR count). The zero-order valence-electron chi connectivity index (χ0n) is 11.0. The summed E-state index contributed by atoms with van der Waals surface area (Å²) in [6, 6.07) is 17.5. The predicted molar refractivity (Wildman–Crippen MR) is 80.3 cm³/mol. The van der Waals surface area contributed by atoms with Gasteiger partial charge in [-0.25, -0.2) is 4.98 Å². The molecule has 5 nitrogen and oxygen atoms in total. The van der Waals surface area contributed by atoms with E-state index in [9.17, 15) is 8.42 Å². The van der Waals surface area contributed by atoms with Crippen molar-refractivity contribution in [2.75, 3.05) is 0 Å². The molecule has 21 heavy (non-hydrogen) atoms. The lowest BCUT2D eigenvalue weighted by atomic mass is 10.2. The molecule has 0 aliphatic heterocycles. The van der Waals surface area contributed by atoms with Gasteiger partial charge in [-0.2, -0.15) is 8.42 Å². The first-order chi connectivity index (χ1) is 10.1. The van der Waals surface area contributed by atoms with Gasteiger partial charge in [-0.1, -0.05) is 48.5 Å². The second kappa shape index (κ2) is 6.83. The molecule has 1 heterocycles. The zero-order chi connectivity index (χ0) is 15.1. The summed E-state index contributed by atoms with van der Waals surface area (Å²) < 4.78 is 29.2. The predicted octanol–water partition coefficient (Wildman–Crippen LogP) is 3.01. The lowest BCUT2D eigenvalue weighted by Crippen LogP contribution is -1.96. The van der Waals surface area contributed by atoms with Gasteiger partial charge in [0.2, 0.25) is 0 Å². The fraction of sp³-hybridized carbons (Fsp3) is 0. The minimum Gasteiger partial charge on any atom is -0.345 e. The van der Waals surface area contributed by atoms with Crippen LogP contribution in [0.2, 0.25) is 0 Å². The molecule has 0 saturated carbocycles. The SMILES string of the molecule is O=S(=O)(O)c1ccccc1.c1ccc(-c2ncc[nH]2)cc1. The maximum atomic E-state index is 10.4. The van der Waals surface area contributed by atoms with E-state index in [4.69, 9.17) is 4.55 Å². The van der Waals surface area contributed by atoms with Gasteiger partial charge in [0.05, 0.1) is 4.90 Å². The van der Waals surface area contributed by atoms with Crippen LogP contribution in [0.25, 0.3) is 11.4 Å². The van der Waals surface area contributed by atoms with Crippen LogP contribution in [0.15, 0.2) is 78.0 Å². The Morgan fingerprint density at radius 2 is 1.48 bits per heavy atom. The molecule has 0 aliphatic carbocycles. The summed E-state index contributed by atoms with van der Waals surface area (Å²) >= 11 is 0. The van der Waals surface area contributed by atoms with Gasteiger partial charge in [0.1, 0.15) is 5.82 Å². The molecule has 1 aromatic heterocycles. The highest BCUT2D eigenvalue weighted by atomic mass is 32.2. The lowest BCUT2D eigenvalue weighted by Gasteiger charge is -1.92. The fourth-order valence-electron chi connectivity index (χ4n) is 1.61. The van der Waals surface area contributed by atoms with Crippen molar-refractivity contribution in [3.63, 3.8) is 0 Å². The summed E-state index contributed by atoms with van der Waals surface area (Å²) in [4.78, 5) is 7.10. The van der Waals surface area contributed by atoms with Crippen LogP contribution in [0.1, 0.15) is 0 Å². The highest BCUT2D eigenvalue weighted by Crippen LogP contribution is 2.11. The average molecular weight is 302 g/mol. The average Bonchev–Trinajstić information content (AvgIpc) is 3.03. The molecular formula is C15H14N2O3S. The minimum absolute atomic E-state index is 0.0741. The van der Waals surface area contributed by atoms with Gasteiger partial charge < -0.3 is 4.98 Å². The van der Waals surface area contributed by atoms with Gasteiger partial charge in [0.25, 0.3) is 10.1 Å². The summed E-state index contributed by atoms with van der Waals surface area (Å²) in [5.74, 6) is 0.922. The molecule has 6 heteroatoms. The van der Waals surface area contributed by atoms with E-state index >= 15 is 0 Å². The Kier molecular flexibility index (Phi) is 4.86. The number of H-pyrrole nitrogens is 1. The first-order valence-corrected chi connectivity index (χ1v) is 7.59. The van der Waals surface area contributed by atoms with Crippen LogP contribution in [0, 0.1) is 0 Å². The fourth-order valence-corrected chi connectivity index (χ4v) is 2.11. The number of aromatic amines is 1. The quantitative estimate of drug-likeness (QED) is 0.713. The van der Waals surface area contributed by atoms with Crippen LogP contribution >= 0.6 is 0 Å². The first-order valence-electron chi connectivity index (χ1n) is 6.15. The van der Waals surface area contributed by atoms with Crippen LogP contribution in [0.3, 0.4) is 0 Å². The smallest absolute Gasteiger partial charge is 0.294 e. The Bertz CT molecular complexity index is 755. The van der Waals surface area contributed by atoms with Gasteiger partial charge >= 0.3 is 0 Å². The third-order valence-corrected chi connectivity index (χ3v) is 3.45. The second-order valence-corrected chi connectivity index (χ2v) is 5.51. The highest BCUT2D eigenvalue weighted by molar-refractivity contribution is 7.85. The van der Waals surface area contributed by atoms with Crippen LogP contribution in [0.5, 0.6) is 0 Å². The third kappa shape index (κ3) is 4.55. The first kappa shape index (κ1) is 15.0. The van der Waals surface area contributed by atoms with E-state index < -0.39 is 10.1 Å². The molecule has 0 aliphatic rings. The molecule has 0 unspecified atom stereocenters. The lowest BCUT2D eigenvalue weighted by molar-refractivity contribution is 0.483. The van der Waals surface area contributed by atoms with Gasteiger partial charge in [0, 0.05) is 18.0 Å². The number of nitrogens with one attached hydrogen (secondary N) is 1. The van der Waals surface area contributed by atoms with Crippen molar-refractivity contribution in [1.29, 1.82) is 0 Å². The molecule has 0 atom stereocenters. The van der Waals surface area contributed by atoms with Gasteiger partial charge in [-0.15, -0.1) is 0 Å². The molecule has 3 aromatic rings. The van der Waals surface area contributed by atoms with E-state index in [1.807, 2.05) is 36.5 Å². The van der Waals surface area contributed by atoms with E-state index in [1.54, 1.807) is 24.4 Å². The molecule has 0 fully saturated rings. The Morgan fingerprint density at radius 1 is 0.905 bits per heavy atom. The summed E-state index contributed by atoms with van der Waals surface area (Å²) in [6.07, 6.45) is 3.57. The number of imidazole rings is 1. The number of rotatable bonds is 2. The molecule has 0 saturated heterocycles. The molecule has 0 radical (unpaired) electrons. The maximum Gasteiger partial charge on any atom is 0.294 e. The Balaban J connectivity index is 0.000000155. The van der Waals surface area contributed by atoms with Crippen molar-refractivity contribution in [3.05, 3.63) is 73.1 Å². The third-order valence-electron chi connectivity index (χ3n) is 2.59. The topological polar surface area (TPSA) is 83.1 Å². The van der Waals surface area contributed by atoms with Gasteiger partial charge in [-0.3, -0.25) is 4.55 Å². The molecule has 0 spiro atoms. The highest BCUT2D eigenvalue weighted by Gasteiger charge is 2.05. The summed E-state index contributed by atoms with van der Waals surface area (Å²) in [5.41, 5.74) is 1.12. The Morgan fingerprint density at radius 3 is 1.90 bits per heavy atom. The van der Waals surface area contributed by atoms with Crippen molar-refractivity contribution in [2.45, 2.75) is 4.90 Å². The molecule has 0 bridgehead atoms. The zero-order valence-corrected chi connectivity index (χ0v) is 11.9. The van der Waals surface area contributed by atoms with E-state index in [2.05, 4.69) is 9.97 Å². The number of hydrogen-bond acceptors (Lipinski definition) is 3. The normalized spacial score (nSPS) is 10.5. The Labute approximate surface area is 123 Å². The molecular weight excluding hydrogens is 288 g/mol. The summed E-state index contributed by atoms with van der Waals surface area (Å²) in [7, 11) is -4.00. The molecule has 0 amide bonds. The molecule has 2 aromatic carbocycles.